The number of amides is 1. The number of hydrogen-bond donors (Lipinski definition) is 1. The second kappa shape index (κ2) is 8.92. The molecule has 0 atom stereocenters. The summed E-state index contributed by atoms with van der Waals surface area (Å²) in [6.07, 6.45) is -2.99. The maximum Gasteiger partial charge on any atom is 0.449 e. The van der Waals surface area contributed by atoms with Gasteiger partial charge in [0, 0.05) is 23.0 Å². The molecule has 3 nitrogen and oxygen atoms in total. The van der Waals surface area contributed by atoms with Crippen molar-refractivity contribution in [3.05, 3.63) is 28.7 Å². The summed E-state index contributed by atoms with van der Waals surface area (Å²) in [7, 11) is 0. The first kappa shape index (κ1) is 18.7. The van der Waals surface area contributed by atoms with E-state index in [0.717, 1.165) is 4.47 Å². The predicted octanol–water partition coefficient (Wildman–Crippen LogP) is 4.86. The van der Waals surface area contributed by atoms with Crippen LogP contribution in [0.3, 0.4) is 0 Å². The van der Waals surface area contributed by atoms with Crippen LogP contribution in [0.1, 0.15) is 38.5 Å². The highest BCUT2D eigenvalue weighted by molar-refractivity contribution is 9.10. The third kappa shape index (κ3) is 7.59. The van der Waals surface area contributed by atoms with Gasteiger partial charge in [-0.3, -0.25) is 9.59 Å². The number of carbonyl (C=O) groups is 2. The first-order valence-electron chi connectivity index (χ1n) is 6.94. The normalized spacial score (nSPS) is 11.3. The van der Waals surface area contributed by atoms with Crippen molar-refractivity contribution in [3.63, 3.8) is 0 Å². The van der Waals surface area contributed by atoms with Gasteiger partial charge in [0.1, 0.15) is 0 Å². The van der Waals surface area contributed by atoms with E-state index in [2.05, 4.69) is 21.2 Å². The van der Waals surface area contributed by atoms with Gasteiger partial charge >= 0.3 is 6.18 Å². The van der Waals surface area contributed by atoms with Gasteiger partial charge in [-0.05, 0) is 31.0 Å². The Balaban J connectivity index is 2.12. The van der Waals surface area contributed by atoms with Crippen molar-refractivity contribution in [2.75, 3.05) is 5.32 Å². The van der Waals surface area contributed by atoms with Crippen molar-refractivity contribution in [1.29, 1.82) is 0 Å². The van der Waals surface area contributed by atoms with Crippen molar-refractivity contribution >= 4 is 33.3 Å². The Kier molecular flexibility index (Phi) is 7.58. The van der Waals surface area contributed by atoms with Crippen LogP contribution in [0.25, 0.3) is 0 Å². The van der Waals surface area contributed by atoms with Crippen LogP contribution in [-0.4, -0.2) is 17.9 Å². The lowest BCUT2D eigenvalue weighted by Gasteiger charge is -2.06. The van der Waals surface area contributed by atoms with Crippen molar-refractivity contribution in [2.45, 2.75) is 44.7 Å². The van der Waals surface area contributed by atoms with Crippen LogP contribution in [0.5, 0.6) is 0 Å². The molecule has 1 aromatic rings. The van der Waals surface area contributed by atoms with Crippen LogP contribution < -0.4 is 5.32 Å². The second-order valence-electron chi connectivity index (χ2n) is 4.89. The number of nitrogens with one attached hydrogen (secondary N) is 1. The number of ketones is 1. The molecule has 0 aliphatic rings. The lowest BCUT2D eigenvalue weighted by Crippen LogP contribution is -2.22. The van der Waals surface area contributed by atoms with Crippen LogP contribution in [0.15, 0.2) is 28.7 Å². The van der Waals surface area contributed by atoms with Gasteiger partial charge in [0.25, 0.3) is 0 Å². The standard InChI is InChI=1S/C15H17BrF3NO2/c16-11-6-5-7-12(10-11)20-14(22)9-4-2-1-3-8-13(21)15(17,18)19/h5-7,10H,1-4,8-9H2,(H,20,22). The van der Waals surface area contributed by atoms with E-state index in [-0.39, 0.29) is 12.3 Å². The maximum atomic E-state index is 12.0. The monoisotopic (exact) mass is 379 g/mol. The van der Waals surface area contributed by atoms with Gasteiger partial charge in [0.2, 0.25) is 11.7 Å². The Bertz CT molecular complexity index is 518. The van der Waals surface area contributed by atoms with Gasteiger partial charge in [0.15, 0.2) is 0 Å². The van der Waals surface area contributed by atoms with E-state index in [4.69, 9.17) is 0 Å². The summed E-state index contributed by atoms with van der Waals surface area (Å²) in [6.45, 7) is 0. The molecule has 0 saturated carbocycles. The van der Waals surface area contributed by atoms with E-state index in [1.165, 1.54) is 0 Å². The Morgan fingerprint density at radius 1 is 1.05 bits per heavy atom. The lowest BCUT2D eigenvalue weighted by molar-refractivity contribution is -0.171. The summed E-state index contributed by atoms with van der Waals surface area (Å²) in [5.41, 5.74) is 0.690. The number of Topliss-reactive ketones (excluding diaryl/α,β-unsaturated/α-hetero) is 1. The topological polar surface area (TPSA) is 46.2 Å². The summed E-state index contributed by atoms with van der Waals surface area (Å²) in [5.74, 6) is -1.82. The number of unbranched alkanes of at least 4 members (excludes halogenated alkanes) is 3. The fraction of sp³-hybridized carbons (Fsp3) is 0.467. The van der Waals surface area contributed by atoms with Gasteiger partial charge < -0.3 is 5.32 Å². The summed E-state index contributed by atoms with van der Waals surface area (Å²) < 4.78 is 36.7. The van der Waals surface area contributed by atoms with Gasteiger partial charge in [-0.15, -0.1) is 0 Å². The molecule has 0 aromatic heterocycles. The molecule has 0 spiro atoms. The summed E-state index contributed by atoms with van der Waals surface area (Å²) >= 11 is 3.30. The molecular weight excluding hydrogens is 363 g/mol. The molecule has 0 aliphatic carbocycles. The number of carbonyl (C=O) groups excluding carboxylic acids is 2. The van der Waals surface area contributed by atoms with Crippen LogP contribution in [0, 0.1) is 0 Å². The highest BCUT2D eigenvalue weighted by Crippen LogP contribution is 2.20. The van der Waals surface area contributed by atoms with E-state index in [9.17, 15) is 22.8 Å². The molecular formula is C15H17BrF3NO2. The minimum atomic E-state index is -4.73. The Morgan fingerprint density at radius 2 is 1.68 bits per heavy atom. The number of benzene rings is 1. The second-order valence-corrected chi connectivity index (χ2v) is 5.81. The molecule has 0 saturated heterocycles. The molecule has 1 rings (SSSR count). The largest absolute Gasteiger partial charge is 0.449 e. The number of rotatable bonds is 8. The minimum absolute atomic E-state index is 0.135. The SMILES string of the molecule is O=C(CCCCCCC(=O)C(F)(F)F)Nc1cccc(Br)c1. The number of alkyl halides is 3. The number of anilines is 1. The zero-order chi connectivity index (χ0) is 16.6. The molecule has 0 radical (unpaired) electrons. The van der Waals surface area contributed by atoms with Gasteiger partial charge in [-0.1, -0.05) is 34.8 Å². The van der Waals surface area contributed by atoms with E-state index < -0.39 is 18.4 Å². The fourth-order valence-electron chi connectivity index (χ4n) is 1.86. The van der Waals surface area contributed by atoms with Crippen LogP contribution >= 0.6 is 15.9 Å². The Labute approximate surface area is 135 Å². The van der Waals surface area contributed by atoms with Crippen molar-refractivity contribution in [2.24, 2.45) is 0 Å². The molecule has 1 N–H and O–H groups in total. The summed E-state index contributed by atoms with van der Waals surface area (Å²) in [6, 6.07) is 7.20. The zero-order valence-electron chi connectivity index (χ0n) is 11.9. The third-order valence-corrected chi connectivity index (χ3v) is 3.48. The molecule has 1 amide bonds. The maximum absolute atomic E-state index is 12.0. The molecule has 0 aliphatic heterocycles. The Hall–Kier alpha value is -1.37. The molecule has 0 bridgehead atoms. The van der Waals surface area contributed by atoms with E-state index in [0.29, 0.717) is 31.4 Å². The highest BCUT2D eigenvalue weighted by Gasteiger charge is 2.36. The van der Waals surface area contributed by atoms with E-state index in [1.54, 1.807) is 18.2 Å². The van der Waals surface area contributed by atoms with Crippen molar-refractivity contribution < 1.29 is 22.8 Å². The zero-order valence-corrected chi connectivity index (χ0v) is 13.5. The molecule has 0 unspecified atom stereocenters. The van der Waals surface area contributed by atoms with Crippen LogP contribution in [0.2, 0.25) is 0 Å². The Morgan fingerprint density at radius 3 is 2.27 bits per heavy atom. The van der Waals surface area contributed by atoms with Gasteiger partial charge in [-0.25, -0.2) is 0 Å². The minimum Gasteiger partial charge on any atom is -0.326 e. The van der Waals surface area contributed by atoms with Gasteiger partial charge in [0.05, 0.1) is 0 Å². The summed E-state index contributed by atoms with van der Waals surface area (Å²) in [4.78, 5) is 22.3. The number of hydrogen-bond acceptors (Lipinski definition) is 2. The van der Waals surface area contributed by atoms with E-state index in [1.807, 2.05) is 6.07 Å². The average Bonchev–Trinajstić information content (AvgIpc) is 2.41. The van der Waals surface area contributed by atoms with Crippen molar-refractivity contribution in [1.82, 2.24) is 0 Å². The highest BCUT2D eigenvalue weighted by atomic mass is 79.9. The lowest BCUT2D eigenvalue weighted by atomic mass is 10.1. The molecule has 7 heteroatoms. The van der Waals surface area contributed by atoms with Crippen LogP contribution in [0.4, 0.5) is 18.9 Å². The number of halogens is 4. The van der Waals surface area contributed by atoms with E-state index >= 15 is 0 Å². The quantitative estimate of drug-likeness (QED) is 0.655. The molecule has 0 heterocycles. The predicted molar refractivity (Wildman–Crippen MR) is 81.5 cm³/mol. The van der Waals surface area contributed by atoms with Crippen molar-refractivity contribution in [3.8, 4) is 0 Å². The average molecular weight is 380 g/mol. The first-order valence-corrected chi connectivity index (χ1v) is 7.74. The molecule has 1 aromatic carbocycles. The third-order valence-electron chi connectivity index (χ3n) is 2.98. The smallest absolute Gasteiger partial charge is 0.326 e. The van der Waals surface area contributed by atoms with Gasteiger partial charge in [-0.2, -0.15) is 13.2 Å². The van der Waals surface area contributed by atoms with Crippen LogP contribution in [-0.2, 0) is 9.59 Å². The fourth-order valence-corrected chi connectivity index (χ4v) is 2.26. The summed E-state index contributed by atoms with van der Waals surface area (Å²) in [5, 5.41) is 2.74. The molecule has 22 heavy (non-hydrogen) atoms. The molecule has 0 fully saturated rings. The first-order chi connectivity index (χ1) is 10.3. The molecule has 122 valence electrons.